The normalized spacial score (nSPS) is 20.9. The van der Waals surface area contributed by atoms with Crippen LogP contribution in [0.1, 0.15) is 18.4 Å². The monoisotopic (exact) mass is 254 g/mol. The number of nitro benzene ring substituents is 1. The summed E-state index contributed by atoms with van der Waals surface area (Å²) in [5, 5.41) is 20.2. The van der Waals surface area contributed by atoms with Gasteiger partial charge in [0.05, 0.1) is 11.0 Å². The second-order valence-corrected chi connectivity index (χ2v) is 4.54. The molecule has 0 aliphatic carbocycles. The molecule has 1 N–H and O–H groups in total. The number of rotatable bonds is 3. The lowest BCUT2D eigenvalue weighted by Crippen LogP contribution is -2.37. The van der Waals surface area contributed by atoms with Gasteiger partial charge < -0.3 is 5.11 Å². The van der Waals surface area contributed by atoms with Gasteiger partial charge in [0.25, 0.3) is 0 Å². The van der Waals surface area contributed by atoms with Crippen molar-refractivity contribution in [1.29, 1.82) is 0 Å². The summed E-state index contributed by atoms with van der Waals surface area (Å²) in [6.45, 7) is 1.56. The first-order valence-corrected chi connectivity index (χ1v) is 5.90. The van der Waals surface area contributed by atoms with E-state index >= 15 is 0 Å². The Morgan fingerprint density at radius 2 is 2.33 bits per heavy atom. The quantitative estimate of drug-likeness (QED) is 0.658. The fourth-order valence-electron chi connectivity index (χ4n) is 2.25. The van der Waals surface area contributed by atoms with Crippen molar-refractivity contribution in [2.24, 2.45) is 0 Å². The highest BCUT2D eigenvalue weighted by Crippen LogP contribution is 2.22. The zero-order chi connectivity index (χ0) is 13.1. The average Bonchev–Trinajstić information content (AvgIpc) is 2.31. The van der Waals surface area contributed by atoms with Crippen molar-refractivity contribution in [2.45, 2.75) is 25.5 Å². The van der Waals surface area contributed by atoms with E-state index in [2.05, 4.69) is 0 Å². The summed E-state index contributed by atoms with van der Waals surface area (Å²) in [5.74, 6) is -0.775. The van der Waals surface area contributed by atoms with Crippen molar-refractivity contribution in [1.82, 2.24) is 4.90 Å². The number of likely N-dealkylation sites (tertiary alicyclic amines) is 1. The van der Waals surface area contributed by atoms with Crippen LogP contribution in [0.5, 0.6) is 0 Å². The molecule has 0 spiro atoms. The van der Waals surface area contributed by atoms with Gasteiger partial charge in [-0.3, -0.25) is 15.0 Å². The van der Waals surface area contributed by atoms with Crippen LogP contribution in [-0.2, 0) is 6.54 Å². The predicted molar refractivity (Wildman–Crippen MR) is 63.6 cm³/mol. The molecule has 1 aliphatic heterocycles. The molecule has 1 fully saturated rings. The Labute approximate surface area is 104 Å². The first kappa shape index (κ1) is 12.9. The molecule has 1 aliphatic rings. The maximum absolute atomic E-state index is 13.8. The summed E-state index contributed by atoms with van der Waals surface area (Å²) in [4.78, 5) is 11.8. The topological polar surface area (TPSA) is 66.6 Å². The first-order chi connectivity index (χ1) is 8.58. The fraction of sp³-hybridized carbons (Fsp3) is 0.500. The van der Waals surface area contributed by atoms with Crippen molar-refractivity contribution in [2.75, 3.05) is 13.1 Å². The zero-order valence-corrected chi connectivity index (χ0v) is 9.88. The molecule has 0 saturated carbocycles. The Morgan fingerprint density at radius 1 is 1.56 bits per heavy atom. The lowest BCUT2D eigenvalue weighted by atomic mass is 10.1. The summed E-state index contributed by atoms with van der Waals surface area (Å²) in [5.41, 5.74) is -0.191. The lowest BCUT2D eigenvalue weighted by Gasteiger charge is -2.29. The van der Waals surface area contributed by atoms with Crippen LogP contribution in [0.4, 0.5) is 10.1 Å². The molecule has 0 radical (unpaired) electrons. The number of hydrogen-bond acceptors (Lipinski definition) is 4. The highest BCUT2D eigenvalue weighted by molar-refractivity contribution is 5.36. The van der Waals surface area contributed by atoms with E-state index in [4.69, 9.17) is 0 Å². The molecule has 5 nitrogen and oxygen atoms in total. The van der Waals surface area contributed by atoms with Gasteiger partial charge >= 0.3 is 5.69 Å². The number of β-amino-alcohol motifs (C(OH)–C–C–N with tert-alkyl or cyclic N) is 1. The Hall–Kier alpha value is -1.53. The summed E-state index contributed by atoms with van der Waals surface area (Å²) < 4.78 is 13.8. The van der Waals surface area contributed by atoms with Gasteiger partial charge in [0.15, 0.2) is 0 Å². The SMILES string of the molecule is O=[N+]([O-])c1cccc(CN2CCCC(O)C2)c1F. The van der Waals surface area contributed by atoms with Gasteiger partial charge in [0, 0.05) is 24.7 Å². The third kappa shape index (κ3) is 2.83. The molecule has 1 saturated heterocycles. The largest absolute Gasteiger partial charge is 0.392 e. The van der Waals surface area contributed by atoms with Gasteiger partial charge in [-0.15, -0.1) is 0 Å². The van der Waals surface area contributed by atoms with E-state index in [-0.39, 0.29) is 6.10 Å². The van der Waals surface area contributed by atoms with Gasteiger partial charge in [-0.2, -0.15) is 4.39 Å². The minimum absolute atomic E-state index is 0.296. The maximum atomic E-state index is 13.8. The van der Waals surface area contributed by atoms with Crippen LogP contribution in [0.25, 0.3) is 0 Å². The van der Waals surface area contributed by atoms with E-state index in [1.165, 1.54) is 6.07 Å². The summed E-state index contributed by atoms with van der Waals surface area (Å²) >= 11 is 0. The number of aliphatic hydroxyl groups excluding tert-OH is 1. The fourth-order valence-corrected chi connectivity index (χ4v) is 2.25. The average molecular weight is 254 g/mol. The van der Waals surface area contributed by atoms with Crippen molar-refractivity contribution < 1.29 is 14.4 Å². The van der Waals surface area contributed by atoms with E-state index in [0.717, 1.165) is 25.5 Å². The number of piperidine rings is 1. The molecular weight excluding hydrogens is 239 g/mol. The lowest BCUT2D eigenvalue weighted by molar-refractivity contribution is -0.387. The summed E-state index contributed by atoms with van der Waals surface area (Å²) in [7, 11) is 0. The Kier molecular flexibility index (Phi) is 3.88. The summed E-state index contributed by atoms with van der Waals surface area (Å²) in [6, 6.07) is 4.18. The smallest absolute Gasteiger partial charge is 0.305 e. The van der Waals surface area contributed by atoms with Crippen LogP contribution in [0.15, 0.2) is 18.2 Å². The van der Waals surface area contributed by atoms with E-state index in [0.29, 0.717) is 18.7 Å². The van der Waals surface area contributed by atoms with E-state index in [9.17, 15) is 19.6 Å². The third-order valence-electron chi connectivity index (χ3n) is 3.13. The second kappa shape index (κ2) is 5.41. The van der Waals surface area contributed by atoms with Gasteiger partial charge in [-0.25, -0.2) is 0 Å². The number of nitro groups is 1. The van der Waals surface area contributed by atoms with Crippen LogP contribution >= 0.6 is 0 Å². The summed E-state index contributed by atoms with van der Waals surface area (Å²) in [6.07, 6.45) is 1.23. The maximum Gasteiger partial charge on any atom is 0.305 e. The molecule has 1 unspecified atom stereocenters. The number of nitrogens with zero attached hydrogens (tertiary/aromatic N) is 2. The highest BCUT2D eigenvalue weighted by Gasteiger charge is 2.22. The second-order valence-electron chi connectivity index (χ2n) is 4.54. The molecule has 1 heterocycles. The van der Waals surface area contributed by atoms with Gasteiger partial charge in [-0.1, -0.05) is 12.1 Å². The standard InChI is InChI=1S/C12H15FN2O3/c13-12-9(3-1-5-11(12)15(17)18)7-14-6-2-4-10(16)8-14/h1,3,5,10,16H,2,4,6-8H2. The van der Waals surface area contributed by atoms with Crippen molar-refractivity contribution >= 4 is 5.69 Å². The molecule has 1 aromatic rings. The molecule has 1 atom stereocenters. The molecule has 1 aromatic carbocycles. The predicted octanol–water partition coefficient (Wildman–Crippen LogP) is 1.69. The highest BCUT2D eigenvalue weighted by atomic mass is 19.1. The zero-order valence-electron chi connectivity index (χ0n) is 9.88. The molecule has 0 aromatic heterocycles. The third-order valence-corrected chi connectivity index (χ3v) is 3.13. The van der Waals surface area contributed by atoms with E-state index in [1.54, 1.807) is 6.07 Å². The molecular formula is C12H15FN2O3. The Morgan fingerprint density at radius 3 is 3.00 bits per heavy atom. The van der Waals surface area contributed by atoms with Crippen molar-refractivity contribution in [3.05, 3.63) is 39.7 Å². The van der Waals surface area contributed by atoms with Crippen molar-refractivity contribution in [3.63, 3.8) is 0 Å². The molecule has 98 valence electrons. The molecule has 0 amide bonds. The van der Waals surface area contributed by atoms with Crippen LogP contribution in [0.3, 0.4) is 0 Å². The molecule has 0 bridgehead atoms. The Balaban J connectivity index is 2.14. The first-order valence-electron chi connectivity index (χ1n) is 5.90. The van der Waals surface area contributed by atoms with Crippen LogP contribution in [0, 0.1) is 15.9 Å². The molecule has 18 heavy (non-hydrogen) atoms. The van der Waals surface area contributed by atoms with E-state index in [1.807, 2.05) is 4.90 Å². The van der Waals surface area contributed by atoms with Crippen molar-refractivity contribution in [3.8, 4) is 0 Å². The number of aliphatic hydroxyl groups is 1. The molecule has 2 rings (SSSR count). The number of hydrogen-bond donors (Lipinski definition) is 1. The van der Waals surface area contributed by atoms with Crippen LogP contribution < -0.4 is 0 Å². The van der Waals surface area contributed by atoms with Gasteiger partial charge in [-0.05, 0) is 19.4 Å². The van der Waals surface area contributed by atoms with Gasteiger partial charge in [0.2, 0.25) is 5.82 Å². The molecule has 6 heteroatoms. The minimum Gasteiger partial charge on any atom is -0.392 e. The number of halogens is 1. The van der Waals surface area contributed by atoms with Crippen LogP contribution in [-0.4, -0.2) is 34.1 Å². The van der Waals surface area contributed by atoms with Crippen LogP contribution in [0.2, 0.25) is 0 Å². The Bertz CT molecular complexity index is 453. The van der Waals surface area contributed by atoms with Gasteiger partial charge in [0.1, 0.15) is 0 Å². The number of benzene rings is 1. The minimum atomic E-state index is -0.775. The van der Waals surface area contributed by atoms with E-state index < -0.39 is 16.4 Å².